The van der Waals surface area contributed by atoms with Crippen LogP contribution in [0.15, 0.2) is 48.5 Å². The third kappa shape index (κ3) is 4.02. The maximum Gasteiger partial charge on any atom is 0.230 e. The van der Waals surface area contributed by atoms with Gasteiger partial charge in [0.15, 0.2) is 5.65 Å². The number of benzene rings is 2. The molecule has 170 valence electrons. The molecular weight excluding hydrogens is 436 g/mol. The van der Waals surface area contributed by atoms with Crippen molar-refractivity contribution in [2.45, 2.75) is 32.6 Å². The Hall–Kier alpha value is -3.19. The molecule has 2 aromatic heterocycles. The fourth-order valence-electron chi connectivity index (χ4n) is 4.73. The number of hydrogen-bond donors (Lipinski definition) is 0. The first kappa shape index (κ1) is 21.6. The first-order valence-corrected chi connectivity index (χ1v) is 11.8. The summed E-state index contributed by atoms with van der Waals surface area (Å²) in [5.41, 5.74) is 2.65. The predicted octanol–water partition coefficient (Wildman–Crippen LogP) is 4.47. The Kier molecular flexibility index (Phi) is 5.89. The third-order valence-electron chi connectivity index (χ3n) is 6.44. The zero-order chi connectivity index (χ0) is 22.9. The Morgan fingerprint density at radius 1 is 1.06 bits per heavy atom. The first-order valence-electron chi connectivity index (χ1n) is 11.5. The van der Waals surface area contributed by atoms with E-state index in [1.165, 1.54) is 0 Å². The van der Waals surface area contributed by atoms with Crippen LogP contribution in [0.1, 0.15) is 37.1 Å². The van der Waals surface area contributed by atoms with Crippen molar-refractivity contribution in [2.24, 2.45) is 0 Å². The lowest BCUT2D eigenvalue weighted by atomic mass is 9.95. The van der Waals surface area contributed by atoms with E-state index < -0.39 is 0 Å². The molecule has 0 aliphatic carbocycles. The summed E-state index contributed by atoms with van der Waals surface area (Å²) in [5, 5.41) is 10.3. The van der Waals surface area contributed by atoms with Crippen molar-refractivity contribution in [2.75, 3.05) is 31.1 Å². The number of fused-ring (bicyclic) bond motifs is 3. The number of halogens is 1. The molecule has 8 heteroatoms. The highest BCUT2D eigenvalue weighted by atomic mass is 35.5. The second kappa shape index (κ2) is 8.98. The van der Waals surface area contributed by atoms with Crippen molar-refractivity contribution in [3.63, 3.8) is 0 Å². The average molecular weight is 463 g/mol. The Labute approximate surface area is 198 Å². The highest BCUT2D eigenvalue weighted by Crippen LogP contribution is 2.28. The van der Waals surface area contributed by atoms with Gasteiger partial charge in [-0.25, -0.2) is 9.38 Å². The molecule has 1 atom stereocenters. The second-order valence-electron chi connectivity index (χ2n) is 8.52. The maximum absolute atomic E-state index is 13.4. The van der Waals surface area contributed by atoms with Crippen LogP contribution in [-0.2, 0) is 4.79 Å². The van der Waals surface area contributed by atoms with Crippen LogP contribution >= 0.6 is 11.6 Å². The molecule has 1 saturated heterocycles. The van der Waals surface area contributed by atoms with E-state index in [1.54, 1.807) is 0 Å². The Morgan fingerprint density at radius 3 is 2.67 bits per heavy atom. The molecule has 7 nitrogen and oxygen atoms in total. The first-order chi connectivity index (χ1) is 16.1. The number of hydrogen-bond acceptors (Lipinski definition) is 5. The number of nitrogens with zero attached hydrogens (tertiary/aromatic N) is 6. The minimum atomic E-state index is -0.106. The predicted molar refractivity (Wildman–Crippen MR) is 131 cm³/mol. The molecule has 1 aliphatic heterocycles. The van der Waals surface area contributed by atoms with Crippen molar-refractivity contribution in [3.8, 4) is 0 Å². The standard InChI is InChI=1S/C25H27ClN6O/c1-3-20(18-8-5-4-6-9-18)24(33)30-12-7-13-31(15-14-30)25-27-22-16-19(26)10-11-21(22)23-29-28-17(2)32(23)25/h4-6,8-11,16,20H,3,7,12-15H2,1-2H3. The van der Waals surface area contributed by atoms with Crippen molar-refractivity contribution < 1.29 is 4.79 Å². The Balaban J connectivity index is 1.44. The van der Waals surface area contributed by atoms with E-state index in [0.717, 1.165) is 59.8 Å². The summed E-state index contributed by atoms with van der Waals surface area (Å²) in [7, 11) is 0. The number of aryl methyl sites for hydroxylation is 1. The van der Waals surface area contributed by atoms with Gasteiger partial charge >= 0.3 is 0 Å². The van der Waals surface area contributed by atoms with E-state index in [-0.39, 0.29) is 11.8 Å². The number of carbonyl (C=O) groups is 1. The molecule has 0 spiro atoms. The van der Waals surface area contributed by atoms with Crippen LogP contribution in [0.5, 0.6) is 0 Å². The molecule has 0 saturated carbocycles. The van der Waals surface area contributed by atoms with Gasteiger partial charge in [0.1, 0.15) is 5.82 Å². The van der Waals surface area contributed by atoms with E-state index >= 15 is 0 Å². The molecule has 5 rings (SSSR count). The van der Waals surface area contributed by atoms with Gasteiger partial charge in [-0.1, -0.05) is 48.9 Å². The van der Waals surface area contributed by atoms with Gasteiger partial charge in [-0.3, -0.25) is 4.79 Å². The molecule has 3 heterocycles. The van der Waals surface area contributed by atoms with E-state index in [0.29, 0.717) is 18.1 Å². The number of aromatic nitrogens is 4. The number of rotatable bonds is 4. The summed E-state index contributed by atoms with van der Waals surface area (Å²) in [6, 6.07) is 15.7. The topological polar surface area (TPSA) is 66.6 Å². The summed E-state index contributed by atoms with van der Waals surface area (Å²) < 4.78 is 2.01. The van der Waals surface area contributed by atoms with Crippen LogP contribution in [0.25, 0.3) is 16.6 Å². The van der Waals surface area contributed by atoms with Crippen molar-refractivity contribution in [3.05, 3.63) is 64.9 Å². The SMILES string of the molecule is CCC(C(=O)N1CCCN(c2nc3cc(Cl)ccc3c3nnc(C)n23)CC1)c1ccccc1. The average Bonchev–Trinajstić information content (AvgIpc) is 3.05. The lowest BCUT2D eigenvalue weighted by molar-refractivity contribution is -0.132. The summed E-state index contributed by atoms with van der Waals surface area (Å²) in [6.07, 6.45) is 1.66. The van der Waals surface area contributed by atoms with Gasteiger partial charge in [0.25, 0.3) is 0 Å². The summed E-state index contributed by atoms with van der Waals surface area (Å²) in [6.45, 7) is 6.91. The van der Waals surface area contributed by atoms with Crippen molar-refractivity contribution >= 4 is 40.0 Å². The van der Waals surface area contributed by atoms with E-state index in [2.05, 4.69) is 22.0 Å². The number of carbonyl (C=O) groups excluding carboxylic acids is 1. The molecule has 1 amide bonds. The van der Waals surface area contributed by atoms with Gasteiger partial charge < -0.3 is 9.80 Å². The number of amides is 1. The van der Waals surface area contributed by atoms with Gasteiger partial charge in [-0.05, 0) is 43.5 Å². The molecule has 1 fully saturated rings. The molecule has 0 N–H and O–H groups in total. The number of anilines is 1. The smallest absolute Gasteiger partial charge is 0.230 e. The summed E-state index contributed by atoms with van der Waals surface area (Å²) in [5.74, 6) is 1.68. The minimum absolute atomic E-state index is 0.106. The molecule has 0 bridgehead atoms. The monoisotopic (exact) mass is 462 g/mol. The highest BCUT2D eigenvalue weighted by Gasteiger charge is 2.27. The van der Waals surface area contributed by atoms with Gasteiger partial charge in [0.2, 0.25) is 11.9 Å². The lowest BCUT2D eigenvalue weighted by Gasteiger charge is -2.26. The van der Waals surface area contributed by atoms with Gasteiger partial charge in [0.05, 0.1) is 11.4 Å². The maximum atomic E-state index is 13.4. The molecule has 1 aliphatic rings. The van der Waals surface area contributed by atoms with Crippen LogP contribution in [0, 0.1) is 6.92 Å². The van der Waals surface area contributed by atoms with E-state index in [9.17, 15) is 4.79 Å². The molecular formula is C25H27ClN6O. The molecule has 2 aromatic carbocycles. The zero-order valence-corrected chi connectivity index (χ0v) is 19.7. The van der Waals surface area contributed by atoms with Crippen molar-refractivity contribution in [1.29, 1.82) is 0 Å². The normalized spacial score (nSPS) is 15.7. The van der Waals surface area contributed by atoms with Gasteiger partial charge in [-0.15, -0.1) is 10.2 Å². The minimum Gasteiger partial charge on any atom is -0.340 e. The van der Waals surface area contributed by atoms with Crippen molar-refractivity contribution in [1.82, 2.24) is 24.5 Å². The third-order valence-corrected chi connectivity index (χ3v) is 6.68. The zero-order valence-electron chi connectivity index (χ0n) is 18.9. The summed E-state index contributed by atoms with van der Waals surface area (Å²) in [4.78, 5) is 22.6. The Bertz CT molecular complexity index is 1300. The molecule has 33 heavy (non-hydrogen) atoms. The Morgan fingerprint density at radius 2 is 1.88 bits per heavy atom. The highest BCUT2D eigenvalue weighted by molar-refractivity contribution is 6.31. The molecule has 4 aromatic rings. The largest absolute Gasteiger partial charge is 0.340 e. The fourth-order valence-corrected chi connectivity index (χ4v) is 4.90. The van der Waals surface area contributed by atoms with Crippen LogP contribution in [-0.4, -0.2) is 56.6 Å². The van der Waals surface area contributed by atoms with E-state index in [1.807, 2.05) is 64.8 Å². The van der Waals surface area contributed by atoms with Crippen LogP contribution in [0.4, 0.5) is 5.95 Å². The molecule has 1 unspecified atom stereocenters. The van der Waals surface area contributed by atoms with Crippen LogP contribution in [0.3, 0.4) is 0 Å². The van der Waals surface area contributed by atoms with Crippen LogP contribution < -0.4 is 4.90 Å². The molecule has 0 radical (unpaired) electrons. The van der Waals surface area contributed by atoms with Gasteiger partial charge in [0, 0.05) is 36.6 Å². The van der Waals surface area contributed by atoms with Crippen LogP contribution in [0.2, 0.25) is 5.02 Å². The van der Waals surface area contributed by atoms with Gasteiger partial charge in [-0.2, -0.15) is 0 Å². The fraction of sp³-hybridized carbons (Fsp3) is 0.360. The quantitative estimate of drug-likeness (QED) is 0.447. The second-order valence-corrected chi connectivity index (χ2v) is 8.95. The summed E-state index contributed by atoms with van der Waals surface area (Å²) >= 11 is 6.25. The lowest BCUT2D eigenvalue weighted by Crippen LogP contribution is -2.38. The van der Waals surface area contributed by atoms with E-state index in [4.69, 9.17) is 16.6 Å².